The summed E-state index contributed by atoms with van der Waals surface area (Å²) in [6, 6.07) is 17.4. The van der Waals surface area contributed by atoms with Crippen molar-refractivity contribution in [2.75, 3.05) is 27.9 Å². The van der Waals surface area contributed by atoms with E-state index in [0.29, 0.717) is 30.0 Å². The highest BCUT2D eigenvalue weighted by Crippen LogP contribution is 2.41. The van der Waals surface area contributed by atoms with E-state index in [1.54, 1.807) is 38.9 Å². The Hall–Kier alpha value is -4.04. The molecule has 2 amide bonds. The first-order valence-corrected chi connectivity index (χ1v) is 10.7. The van der Waals surface area contributed by atoms with Gasteiger partial charge in [0.15, 0.2) is 11.5 Å². The van der Waals surface area contributed by atoms with Crippen molar-refractivity contribution < 1.29 is 29.0 Å². The lowest BCUT2D eigenvalue weighted by Gasteiger charge is -2.38. The van der Waals surface area contributed by atoms with Gasteiger partial charge in [-0.2, -0.15) is 0 Å². The predicted molar refractivity (Wildman–Crippen MR) is 125 cm³/mol. The Morgan fingerprint density at radius 3 is 2.09 bits per heavy atom. The van der Waals surface area contributed by atoms with Gasteiger partial charge in [0, 0.05) is 17.7 Å². The maximum atomic E-state index is 13.6. The molecule has 3 aromatic rings. The molecule has 0 saturated carbocycles. The normalized spacial score (nSPS) is 14.7. The van der Waals surface area contributed by atoms with Crippen molar-refractivity contribution in [1.82, 2.24) is 10.4 Å². The summed E-state index contributed by atoms with van der Waals surface area (Å²) in [5.41, 5.74) is 5.26. The third-order valence-electron chi connectivity index (χ3n) is 6.06. The predicted octanol–water partition coefficient (Wildman–Crippen LogP) is 3.62. The fourth-order valence-electron chi connectivity index (χ4n) is 4.30. The first kappa shape index (κ1) is 23.1. The molecule has 2 N–H and O–H groups in total. The van der Waals surface area contributed by atoms with Crippen molar-refractivity contribution >= 4 is 11.8 Å². The largest absolute Gasteiger partial charge is 0.497 e. The Balaban J connectivity index is 1.78. The average Bonchev–Trinajstić information content (AvgIpc) is 2.90. The van der Waals surface area contributed by atoms with Crippen LogP contribution in [0.4, 0.5) is 0 Å². The van der Waals surface area contributed by atoms with Crippen LogP contribution in [-0.2, 0) is 6.42 Å². The molecule has 8 heteroatoms. The highest BCUT2D eigenvalue weighted by atomic mass is 16.5. The molecule has 1 unspecified atom stereocenters. The first-order chi connectivity index (χ1) is 16.5. The van der Waals surface area contributed by atoms with E-state index >= 15 is 0 Å². The van der Waals surface area contributed by atoms with E-state index < -0.39 is 5.91 Å². The molecule has 3 aromatic carbocycles. The zero-order valence-corrected chi connectivity index (χ0v) is 19.2. The topological polar surface area (TPSA) is 97.3 Å². The smallest absolute Gasteiger partial charge is 0.274 e. The number of methoxy groups -OCH3 is 3. The van der Waals surface area contributed by atoms with Crippen LogP contribution in [0.15, 0.2) is 60.7 Å². The minimum absolute atomic E-state index is 0.169. The summed E-state index contributed by atoms with van der Waals surface area (Å²) in [7, 11) is 4.80. The van der Waals surface area contributed by atoms with Crippen molar-refractivity contribution in [3.8, 4) is 17.2 Å². The van der Waals surface area contributed by atoms with E-state index in [1.807, 2.05) is 41.3 Å². The van der Waals surface area contributed by atoms with Crippen LogP contribution in [0.1, 0.15) is 43.4 Å². The molecule has 8 nitrogen and oxygen atoms in total. The SMILES string of the molecule is COc1ccc(C2c3cc(OC)c(OC)cc3CCN2C(=O)c2ccc(C(=O)NO)cc2)cc1. The van der Waals surface area contributed by atoms with Gasteiger partial charge in [0.2, 0.25) is 0 Å². The molecule has 0 aromatic heterocycles. The van der Waals surface area contributed by atoms with E-state index in [1.165, 1.54) is 12.1 Å². The molecule has 1 heterocycles. The van der Waals surface area contributed by atoms with Gasteiger partial charge in [-0.3, -0.25) is 14.8 Å². The lowest BCUT2D eigenvalue weighted by molar-refractivity contribution is 0.0688. The fourth-order valence-corrected chi connectivity index (χ4v) is 4.30. The second-order valence-corrected chi connectivity index (χ2v) is 7.85. The number of nitrogens with one attached hydrogen (secondary N) is 1. The van der Waals surface area contributed by atoms with Crippen molar-refractivity contribution in [2.45, 2.75) is 12.5 Å². The molecule has 0 spiro atoms. The molecule has 0 bridgehead atoms. The summed E-state index contributed by atoms with van der Waals surface area (Å²) in [6.07, 6.45) is 0.652. The van der Waals surface area contributed by atoms with Crippen molar-refractivity contribution in [1.29, 1.82) is 0 Å². The molecule has 1 atom stereocenters. The van der Waals surface area contributed by atoms with E-state index in [4.69, 9.17) is 19.4 Å². The summed E-state index contributed by atoms with van der Waals surface area (Å²) in [4.78, 5) is 27.1. The molecule has 4 rings (SSSR count). The zero-order chi connectivity index (χ0) is 24.2. The third-order valence-corrected chi connectivity index (χ3v) is 6.06. The number of rotatable bonds is 6. The molecule has 0 fully saturated rings. The number of amides is 2. The summed E-state index contributed by atoms with van der Waals surface area (Å²) in [6.45, 7) is 0.497. The number of nitrogens with zero attached hydrogens (tertiary/aromatic N) is 1. The zero-order valence-electron chi connectivity index (χ0n) is 19.2. The fraction of sp³-hybridized carbons (Fsp3) is 0.231. The van der Waals surface area contributed by atoms with E-state index in [0.717, 1.165) is 22.4 Å². The molecular formula is C26H26N2O6. The molecule has 176 valence electrons. The molecule has 34 heavy (non-hydrogen) atoms. The van der Waals surface area contributed by atoms with Gasteiger partial charge in [0.05, 0.1) is 27.4 Å². The van der Waals surface area contributed by atoms with E-state index in [2.05, 4.69) is 0 Å². The van der Waals surface area contributed by atoms with E-state index in [9.17, 15) is 9.59 Å². The number of carbonyl (C=O) groups excluding carboxylic acids is 2. The lowest BCUT2D eigenvalue weighted by atomic mass is 9.87. The van der Waals surface area contributed by atoms with Crippen LogP contribution in [0, 0.1) is 0 Å². The number of hydroxylamine groups is 1. The highest BCUT2D eigenvalue weighted by molar-refractivity contribution is 5.98. The summed E-state index contributed by atoms with van der Waals surface area (Å²) in [5, 5.41) is 8.84. The van der Waals surface area contributed by atoms with Crippen molar-refractivity contribution in [3.05, 3.63) is 88.5 Å². The third kappa shape index (κ3) is 4.27. The lowest BCUT2D eigenvalue weighted by Crippen LogP contribution is -2.40. The maximum Gasteiger partial charge on any atom is 0.274 e. The summed E-state index contributed by atoms with van der Waals surface area (Å²) in [5.74, 6) is 1.16. The summed E-state index contributed by atoms with van der Waals surface area (Å²) < 4.78 is 16.3. The molecule has 0 saturated heterocycles. The minimum atomic E-state index is -0.636. The Labute approximate surface area is 197 Å². The number of ether oxygens (including phenoxy) is 3. The van der Waals surface area contributed by atoms with Crippen LogP contribution >= 0.6 is 0 Å². The minimum Gasteiger partial charge on any atom is -0.497 e. The van der Waals surface area contributed by atoms with Gasteiger partial charge >= 0.3 is 0 Å². The number of carbonyl (C=O) groups is 2. The molecule has 1 aliphatic rings. The Bertz CT molecular complexity index is 1190. The highest BCUT2D eigenvalue weighted by Gasteiger charge is 2.34. The van der Waals surface area contributed by atoms with Crippen molar-refractivity contribution in [2.24, 2.45) is 0 Å². The molecule has 0 radical (unpaired) electrons. The second kappa shape index (κ2) is 9.84. The average molecular weight is 463 g/mol. The van der Waals surface area contributed by atoms with Crippen LogP contribution in [0.3, 0.4) is 0 Å². The second-order valence-electron chi connectivity index (χ2n) is 7.85. The van der Waals surface area contributed by atoms with Gasteiger partial charge < -0.3 is 19.1 Å². The van der Waals surface area contributed by atoms with Crippen molar-refractivity contribution in [3.63, 3.8) is 0 Å². The number of benzene rings is 3. The van der Waals surface area contributed by atoms with Gasteiger partial charge in [-0.1, -0.05) is 12.1 Å². The van der Waals surface area contributed by atoms with Crippen LogP contribution < -0.4 is 19.7 Å². The molecule has 1 aliphatic heterocycles. The number of fused-ring (bicyclic) bond motifs is 1. The van der Waals surface area contributed by atoms with Gasteiger partial charge in [-0.15, -0.1) is 0 Å². The van der Waals surface area contributed by atoms with Crippen LogP contribution in [0.2, 0.25) is 0 Å². The Kier molecular flexibility index (Phi) is 6.70. The first-order valence-electron chi connectivity index (χ1n) is 10.7. The Morgan fingerprint density at radius 2 is 1.50 bits per heavy atom. The van der Waals surface area contributed by atoms with Gasteiger partial charge in [0.1, 0.15) is 5.75 Å². The standard InChI is InChI=1S/C26H26N2O6/c1-32-20-10-8-16(9-11-20)24-21-15-23(34-3)22(33-2)14-19(21)12-13-28(24)26(30)18-6-4-17(5-7-18)25(29)27-31/h4-11,14-15,24,31H,12-13H2,1-3H3,(H,27,29). The van der Waals surface area contributed by atoms with E-state index in [-0.39, 0.29) is 17.5 Å². The van der Waals surface area contributed by atoms with Gasteiger partial charge in [-0.25, -0.2) is 5.48 Å². The van der Waals surface area contributed by atoms with Gasteiger partial charge in [-0.05, 0) is 71.6 Å². The quantitative estimate of drug-likeness (QED) is 0.429. The van der Waals surface area contributed by atoms with Gasteiger partial charge in [0.25, 0.3) is 11.8 Å². The van der Waals surface area contributed by atoms with Crippen LogP contribution in [-0.4, -0.2) is 49.8 Å². The summed E-state index contributed by atoms with van der Waals surface area (Å²) >= 11 is 0. The maximum absolute atomic E-state index is 13.6. The monoisotopic (exact) mass is 462 g/mol. The van der Waals surface area contributed by atoms with Crippen LogP contribution in [0.5, 0.6) is 17.2 Å². The molecule has 0 aliphatic carbocycles. The Morgan fingerprint density at radius 1 is 0.882 bits per heavy atom. The number of hydrogen-bond donors (Lipinski definition) is 2. The number of hydrogen-bond acceptors (Lipinski definition) is 6. The van der Waals surface area contributed by atoms with Crippen LogP contribution in [0.25, 0.3) is 0 Å². The molecular weight excluding hydrogens is 436 g/mol.